The molecular weight excluding hydrogens is 354 g/mol. The Morgan fingerprint density at radius 3 is 2.79 bits per heavy atom. The lowest BCUT2D eigenvalue weighted by Crippen LogP contribution is -2.41. The van der Waals surface area contributed by atoms with Crippen molar-refractivity contribution in [3.8, 4) is 5.75 Å². The highest BCUT2D eigenvalue weighted by Gasteiger charge is 2.25. The molecule has 0 saturated carbocycles. The van der Waals surface area contributed by atoms with E-state index in [1.54, 1.807) is 6.07 Å². The predicted molar refractivity (Wildman–Crippen MR) is 106 cm³/mol. The summed E-state index contributed by atoms with van der Waals surface area (Å²) in [7, 11) is 2.03. The first kappa shape index (κ1) is 16.8. The van der Waals surface area contributed by atoms with Gasteiger partial charge >= 0.3 is 0 Å². The number of carbonyl (C=O) groups excluding carboxylic acids is 1. The molecule has 7 nitrogen and oxygen atoms in total. The SMILES string of the molecule is Cn1ccc2c(OC3CCN(C(=O)c4ccc5n[nH]nc5c4)CC3)cccc21. The van der Waals surface area contributed by atoms with Gasteiger partial charge in [-0.05, 0) is 36.4 Å². The average molecular weight is 375 g/mol. The van der Waals surface area contributed by atoms with E-state index in [0.717, 1.165) is 35.0 Å². The van der Waals surface area contributed by atoms with Gasteiger partial charge in [-0.2, -0.15) is 15.4 Å². The van der Waals surface area contributed by atoms with Crippen molar-refractivity contribution in [2.24, 2.45) is 7.05 Å². The Kier molecular flexibility index (Phi) is 4.00. The van der Waals surface area contributed by atoms with Gasteiger partial charge in [0.1, 0.15) is 22.9 Å². The highest BCUT2D eigenvalue weighted by atomic mass is 16.5. The highest BCUT2D eigenvalue weighted by Crippen LogP contribution is 2.29. The van der Waals surface area contributed by atoms with Crippen molar-refractivity contribution < 1.29 is 9.53 Å². The molecule has 0 unspecified atom stereocenters. The number of carbonyl (C=O) groups is 1. The number of amides is 1. The van der Waals surface area contributed by atoms with Crippen molar-refractivity contribution in [2.45, 2.75) is 18.9 Å². The first-order valence-corrected chi connectivity index (χ1v) is 9.49. The Morgan fingerprint density at radius 2 is 1.93 bits per heavy atom. The normalized spacial score (nSPS) is 15.4. The van der Waals surface area contributed by atoms with E-state index in [9.17, 15) is 4.79 Å². The molecule has 5 rings (SSSR count). The fourth-order valence-corrected chi connectivity index (χ4v) is 3.89. The number of likely N-dealkylation sites (tertiary alicyclic amines) is 1. The number of hydrogen-bond donors (Lipinski definition) is 1. The van der Waals surface area contributed by atoms with Gasteiger partial charge in [-0.25, -0.2) is 0 Å². The lowest BCUT2D eigenvalue weighted by atomic mass is 10.1. The fraction of sp³-hybridized carbons (Fsp3) is 0.286. The lowest BCUT2D eigenvalue weighted by Gasteiger charge is -2.32. The van der Waals surface area contributed by atoms with Crippen LogP contribution in [0, 0.1) is 0 Å². The third-order valence-corrected chi connectivity index (χ3v) is 5.47. The van der Waals surface area contributed by atoms with Crippen LogP contribution in [0.25, 0.3) is 21.9 Å². The van der Waals surface area contributed by atoms with Crippen LogP contribution in [0.15, 0.2) is 48.7 Å². The van der Waals surface area contributed by atoms with E-state index in [-0.39, 0.29) is 12.0 Å². The van der Waals surface area contributed by atoms with Gasteiger partial charge in [0.05, 0.1) is 5.52 Å². The number of hydrogen-bond acceptors (Lipinski definition) is 4. The smallest absolute Gasteiger partial charge is 0.253 e. The van der Waals surface area contributed by atoms with E-state index >= 15 is 0 Å². The minimum atomic E-state index is 0.0357. The Labute approximate surface area is 161 Å². The summed E-state index contributed by atoms with van der Waals surface area (Å²) < 4.78 is 8.38. The van der Waals surface area contributed by atoms with Gasteiger partial charge in [0.2, 0.25) is 0 Å². The molecule has 2 aromatic heterocycles. The number of aromatic amines is 1. The minimum absolute atomic E-state index is 0.0357. The highest BCUT2D eigenvalue weighted by molar-refractivity contribution is 5.97. The summed E-state index contributed by atoms with van der Waals surface area (Å²) in [5, 5.41) is 11.8. The lowest BCUT2D eigenvalue weighted by molar-refractivity contribution is 0.0598. The summed E-state index contributed by atoms with van der Waals surface area (Å²) in [6.45, 7) is 1.37. The number of H-pyrrole nitrogens is 1. The Morgan fingerprint density at radius 1 is 1.11 bits per heavy atom. The molecule has 0 spiro atoms. The molecule has 1 aliphatic heterocycles. The number of piperidine rings is 1. The van der Waals surface area contributed by atoms with Gasteiger partial charge in [-0.3, -0.25) is 4.79 Å². The molecule has 28 heavy (non-hydrogen) atoms. The summed E-state index contributed by atoms with van der Waals surface area (Å²) in [6, 6.07) is 13.6. The predicted octanol–water partition coefficient (Wildman–Crippen LogP) is 3.13. The van der Waals surface area contributed by atoms with Gasteiger partial charge in [0.15, 0.2) is 0 Å². The number of aromatic nitrogens is 4. The molecule has 0 bridgehead atoms. The molecule has 3 heterocycles. The number of rotatable bonds is 3. The van der Waals surface area contributed by atoms with Crippen molar-refractivity contribution in [3.63, 3.8) is 0 Å². The van der Waals surface area contributed by atoms with Crippen LogP contribution in [-0.2, 0) is 7.05 Å². The van der Waals surface area contributed by atoms with Crippen LogP contribution < -0.4 is 4.74 Å². The summed E-state index contributed by atoms with van der Waals surface area (Å²) in [4.78, 5) is 14.7. The first-order chi connectivity index (χ1) is 13.7. The van der Waals surface area contributed by atoms with E-state index in [4.69, 9.17) is 4.74 Å². The number of nitrogens with one attached hydrogen (secondary N) is 1. The van der Waals surface area contributed by atoms with E-state index in [2.05, 4.69) is 32.1 Å². The number of ether oxygens (including phenoxy) is 1. The largest absolute Gasteiger partial charge is 0.490 e. The van der Waals surface area contributed by atoms with E-state index in [1.807, 2.05) is 42.4 Å². The fourth-order valence-electron chi connectivity index (χ4n) is 3.89. The van der Waals surface area contributed by atoms with Crippen molar-refractivity contribution in [1.29, 1.82) is 0 Å². The second-order valence-corrected chi connectivity index (χ2v) is 7.25. The maximum absolute atomic E-state index is 12.8. The topological polar surface area (TPSA) is 76.0 Å². The van der Waals surface area contributed by atoms with Crippen molar-refractivity contribution in [3.05, 3.63) is 54.2 Å². The second-order valence-electron chi connectivity index (χ2n) is 7.25. The molecule has 1 N–H and O–H groups in total. The zero-order valence-electron chi connectivity index (χ0n) is 15.6. The number of fused-ring (bicyclic) bond motifs is 2. The van der Waals surface area contributed by atoms with Gasteiger partial charge in [0.25, 0.3) is 5.91 Å². The summed E-state index contributed by atoms with van der Waals surface area (Å²) in [5.74, 6) is 0.952. The quantitative estimate of drug-likeness (QED) is 0.597. The third kappa shape index (κ3) is 2.89. The molecule has 1 amide bonds. The molecule has 2 aromatic carbocycles. The van der Waals surface area contributed by atoms with Gasteiger partial charge < -0.3 is 14.2 Å². The van der Waals surface area contributed by atoms with Gasteiger partial charge in [-0.1, -0.05) is 6.07 Å². The molecule has 1 aliphatic rings. The van der Waals surface area contributed by atoms with Gasteiger partial charge in [-0.15, -0.1) is 0 Å². The van der Waals surface area contributed by atoms with Crippen molar-refractivity contribution in [1.82, 2.24) is 24.9 Å². The van der Waals surface area contributed by atoms with Crippen LogP contribution in [0.4, 0.5) is 0 Å². The summed E-state index contributed by atoms with van der Waals surface area (Å²) in [5.41, 5.74) is 3.28. The number of aryl methyl sites for hydroxylation is 1. The summed E-state index contributed by atoms with van der Waals surface area (Å²) in [6.07, 6.45) is 3.81. The van der Waals surface area contributed by atoms with Crippen LogP contribution in [0.3, 0.4) is 0 Å². The molecule has 1 fully saturated rings. The van der Waals surface area contributed by atoms with E-state index in [1.165, 1.54) is 0 Å². The van der Waals surface area contributed by atoms with Crippen LogP contribution in [0.1, 0.15) is 23.2 Å². The van der Waals surface area contributed by atoms with Crippen molar-refractivity contribution >= 4 is 27.8 Å². The Bertz CT molecular complexity index is 1150. The van der Waals surface area contributed by atoms with Crippen molar-refractivity contribution in [2.75, 3.05) is 13.1 Å². The summed E-state index contributed by atoms with van der Waals surface area (Å²) >= 11 is 0. The Balaban J connectivity index is 1.26. The number of benzene rings is 2. The second kappa shape index (κ2) is 6.67. The average Bonchev–Trinajstić information content (AvgIpc) is 3.35. The zero-order chi connectivity index (χ0) is 19.1. The molecule has 0 atom stereocenters. The first-order valence-electron chi connectivity index (χ1n) is 9.49. The molecule has 4 aromatic rings. The standard InChI is InChI=1S/C21H21N5O2/c1-25-10-9-16-19(25)3-2-4-20(16)28-15-7-11-26(12-8-15)21(27)14-5-6-17-18(13-14)23-24-22-17/h2-6,9-10,13,15H,7-8,11-12H2,1H3,(H,22,23,24). The van der Waals surface area contributed by atoms with Crippen LogP contribution in [0.5, 0.6) is 5.75 Å². The maximum atomic E-state index is 12.8. The molecule has 0 aliphatic carbocycles. The molecule has 1 saturated heterocycles. The van der Waals surface area contributed by atoms with E-state index in [0.29, 0.717) is 24.2 Å². The van der Waals surface area contributed by atoms with Crippen LogP contribution in [-0.4, -0.2) is 50.0 Å². The van der Waals surface area contributed by atoms with E-state index < -0.39 is 0 Å². The Hall–Kier alpha value is -3.35. The molecular formula is C21H21N5O2. The van der Waals surface area contributed by atoms with Crippen LogP contribution >= 0.6 is 0 Å². The molecule has 0 radical (unpaired) electrons. The monoisotopic (exact) mass is 375 g/mol. The van der Waals surface area contributed by atoms with Crippen LogP contribution in [0.2, 0.25) is 0 Å². The van der Waals surface area contributed by atoms with Gasteiger partial charge in [0, 0.05) is 50.1 Å². The molecule has 7 heteroatoms. The molecule has 142 valence electrons. The zero-order valence-corrected chi connectivity index (χ0v) is 15.6. The minimum Gasteiger partial charge on any atom is -0.490 e. The maximum Gasteiger partial charge on any atom is 0.253 e. The number of nitrogens with zero attached hydrogens (tertiary/aromatic N) is 4. The third-order valence-electron chi connectivity index (χ3n) is 5.47.